The lowest BCUT2D eigenvalue weighted by atomic mass is 9.86. The van der Waals surface area contributed by atoms with Gasteiger partial charge in [-0.05, 0) is 31.7 Å². The summed E-state index contributed by atoms with van der Waals surface area (Å²) in [5, 5.41) is 6.00. The molecule has 4 heteroatoms. The minimum Gasteiger partial charge on any atom is -0.348 e. The molecule has 1 amide bonds. The number of hydrogen-bond donors (Lipinski definition) is 2. The van der Waals surface area contributed by atoms with Crippen LogP contribution in [-0.2, 0) is 4.79 Å². The Labute approximate surface area is 132 Å². The van der Waals surface area contributed by atoms with Crippen molar-refractivity contribution in [2.24, 2.45) is 5.92 Å². The van der Waals surface area contributed by atoms with E-state index in [1.54, 1.807) is 0 Å². The highest BCUT2D eigenvalue weighted by Gasteiger charge is 2.23. The summed E-state index contributed by atoms with van der Waals surface area (Å²) in [6.07, 6.45) is 4.87. The topological polar surface area (TPSA) is 45.7 Å². The van der Waals surface area contributed by atoms with E-state index in [2.05, 4.69) is 19.2 Å². The van der Waals surface area contributed by atoms with Crippen molar-refractivity contribution in [3.63, 3.8) is 0 Å². The van der Waals surface area contributed by atoms with Crippen LogP contribution < -0.4 is 10.6 Å². The smallest absolute Gasteiger partial charge is 0.275 e. The first-order valence-corrected chi connectivity index (χ1v) is 8.33. The molecule has 1 aromatic rings. The van der Waals surface area contributed by atoms with Crippen molar-refractivity contribution >= 4 is 17.5 Å². The summed E-state index contributed by atoms with van der Waals surface area (Å²) in [7, 11) is 0. The second-order valence-corrected chi connectivity index (χ2v) is 6.59. The number of nitrogens with one attached hydrogen (secondary N) is 1. The van der Waals surface area contributed by atoms with Crippen LogP contribution in [-0.4, -0.2) is 18.5 Å². The van der Waals surface area contributed by atoms with E-state index in [1.807, 2.05) is 29.6 Å². The van der Waals surface area contributed by atoms with E-state index < -0.39 is 0 Å². The van der Waals surface area contributed by atoms with Crippen LogP contribution in [0, 0.1) is 5.92 Å². The van der Waals surface area contributed by atoms with E-state index in [-0.39, 0.29) is 11.9 Å². The van der Waals surface area contributed by atoms with Crippen molar-refractivity contribution in [1.29, 1.82) is 0 Å². The molecule has 0 aliphatic heterocycles. The Kier molecular flexibility index (Phi) is 6.07. The molecule has 0 bridgehead atoms. The number of amides is 1. The largest absolute Gasteiger partial charge is 0.348 e. The summed E-state index contributed by atoms with van der Waals surface area (Å²) in [4.78, 5) is 12.1. The van der Waals surface area contributed by atoms with E-state index in [0.29, 0.717) is 18.5 Å². The summed E-state index contributed by atoms with van der Waals surface area (Å²) < 4.78 is 0. The van der Waals surface area contributed by atoms with Crippen LogP contribution in [0.25, 0.3) is 0 Å². The van der Waals surface area contributed by atoms with Gasteiger partial charge in [0.1, 0.15) is 6.04 Å². The van der Waals surface area contributed by atoms with Crippen LogP contribution in [0.1, 0.15) is 51.1 Å². The number of carbonyl (C=O) groups is 1. The SMILES string of the molecule is C[C@H]([NH2+]CC(=O)N[C@@H]1CCCC[C@H]1C)c1ccccc1Cl. The molecule has 0 saturated heterocycles. The first-order chi connectivity index (χ1) is 10.1. The van der Waals surface area contributed by atoms with Gasteiger partial charge in [-0.15, -0.1) is 0 Å². The average Bonchev–Trinajstić information content (AvgIpc) is 2.48. The Morgan fingerprint density at radius 1 is 1.38 bits per heavy atom. The Morgan fingerprint density at radius 2 is 2.10 bits per heavy atom. The van der Waals surface area contributed by atoms with E-state index in [1.165, 1.54) is 19.3 Å². The van der Waals surface area contributed by atoms with Gasteiger partial charge in [0.15, 0.2) is 6.54 Å². The quantitative estimate of drug-likeness (QED) is 0.863. The first kappa shape index (κ1) is 16.3. The molecule has 3 nitrogen and oxygen atoms in total. The van der Waals surface area contributed by atoms with Crippen LogP contribution in [0.15, 0.2) is 24.3 Å². The fourth-order valence-electron chi connectivity index (χ4n) is 3.05. The summed E-state index contributed by atoms with van der Waals surface area (Å²) in [5.41, 5.74) is 1.08. The zero-order valence-corrected chi connectivity index (χ0v) is 13.7. The van der Waals surface area contributed by atoms with E-state index in [4.69, 9.17) is 11.6 Å². The fraction of sp³-hybridized carbons (Fsp3) is 0.588. The van der Waals surface area contributed by atoms with Crippen LogP contribution in [0.5, 0.6) is 0 Å². The Hall–Kier alpha value is -1.06. The molecular formula is C17H26ClN2O+. The molecule has 1 aliphatic rings. The molecule has 3 atom stereocenters. The molecule has 0 aromatic heterocycles. The molecule has 0 unspecified atom stereocenters. The predicted molar refractivity (Wildman–Crippen MR) is 86.2 cm³/mol. The third-order valence-corrected chi connectivity index (χ3v) is 4.85. The van der Waals surface area contributed by atoms with Crippen molar-refractivity contribution in [3.05, 3.63) is 34.9 Å². The average molecular weight is 310 g/mol. The van der Waals surface area contributed by atoms with Crippen LogP contribution in [0.4, 0.5) is 0 Å². The van der Waals surface area contributed by atoms with Gasteiger partial charge in [0, 0.05) is 16.6 Å². The van der Waals surface area contributed by atoms with Crippen molar-refractivity contribution in [2.45, 2.75) is 51.6 Å². The maximum Gasteiger partial charge on any atom is 0.275 e. The number of quaternary nitrogens is 1. The molecule has 1 aromatic carbocycles. The highest BCUT2D eigenvalue weighted by atomic mass is 35.5. The summed E-state index contributed by atoms with van der Waals surface area (Å²) >= 11 is 6.19. The number of nitrogens with two attached hydrogens (primary N) is 1. The molecule has 2 rings (SSSR count). The molecule has 0 spiro atoms. The van der Waals surface area contributed by atoms with Gasteiger partial charge in [0.05, 0.1) is 0 Å². The molecule has 3 N–H and O–H groups in total. The standard InChI is InChI=1S/C17H25ClN2O/c1-12-7-3-6-10-16(12)20-17(21)11-19-13(2)14-8-4-5-9-15(14)18/h4-5,8-9,12-13,16,19H,3,6-7,10-11H2,1-2H3,(H,20,21)/p+1/t12-,13+,16-/m1/s1. The Bertz CT molecular complexity index is 478. The summed E-state index contributed by atoms with van der Waals surface area (Å²) in [5.74, 6) is 0.733. The van der Waals surface area contributed by atoms with E-state index in [0.717, 1.165) is 17.0 Å². The monoisotopic (exact) mass is 309 g/mol. The number of rotatable bonds is 5. The van der Waals surface area contributed by atoms with Crippen LogP contribution >= 0.6 is 11.6 Å². The van der Waals surface area contributed by atoms with E-state index >= 15 is 0 Å². The van der Waals surface area contributed by atoms with Gasteiger partial charge in [-0.2, -0.15) is 0 Å². The Balaban J connectivity index is 1.79. The number of hydrogen-bond acceptors (Lipinski definition) is 1. The molecule has 1 aliphatic carbocycles. The van der Waals surface area contributed by atoms with Gasteiger partial charge >= 0.3 is 0 Å². The normalized spacial score (nSPS) is 23.6. The number of halogens is 1. The molecular weight excluding hydrogens is 284 g/mol. The highest BCUT2D eigenvalue weighted by Crippen LogP contribution is 2.23. The van der Waals surface area contributed by atoms with Crippen molar-refractivity contribution < 1.29 is 10.1 Å². The molecule has 0 radical (unpaired) electrons. The predicted octanol–water partition coefficient (Wildman–Crippen LogP) is 2.66. The lowest BCUT2D eigenvalue weighted by Crippen LogP contribution is -2.87. The highest BCUT2D eigenvalue weighted by molar-refractivity contribution is 6.31. The third kappa shape index (κ3) is 4.72. The van der Waals surface area contributed by atoms with E-state index in [9.17, 15) is 4.79 Å². The van der Waals surface area contributed by atoms with Crippen molar-refractivity contribution in [2.75, 3.05) is 6.54 Å². The fourth-order valence-corrected chi connectivity index (χ4v) is 3.36. The maximum atomic E-state index is 12.1. The van der Waals surface area contributed by atoms with Crippen LogP contribution in [0.2, 0.25) is 5.02 Å². The van der Waals surface area contributed by atoms with Crippen molar-refractivity contribution in [3.8, 4) is 0 Å². The zero-order chi connectivity index (χ0) is 15.2. The second-order valence-electron chi connectivity index (χ2n) is 6.19. The summed E-state index contributed by atoms with van der Waals surface area (Å²) in [6.45, 7) is 4.77. The maximum absolute atomic E-state index is 12.1. The molecule has 1 saturated carbocycles. The molecule has 1 fully saturated rings. The third-order valence-electron chi connectivity index (χ3n) is 4.51. The zero-order valence-electron chi connectivity index (χ0n) is 12.9. The Morgan fingerprint density at radius 3 is 2.81 bits per heavy atom. The lowest BCUT2D eigenvalue weighted by molar-refractivity contribution is -0.682. The number of benzene rings is 1. The van der Waals surface area contributed by atoms with Gasteiger partial charge in [0.25, 0.3) is 5.91 Å². The van der Waals surface area contributed by atoms with Gasteiger partial charge < -0.3 is 10.6 Å². The van der Waals surface area contributed by atoms with Gasteiger partial charge in [-0.25, -0.2) is 0 Å². The first-order valence-electron chi connectivity index (χ1n) is 7.95. The minimum atomic E-state index is 0.132. The minimum absolute atomic E-state index is 0.132. The van der Waals surface area contributed by atoms with Crippen molar-refractivity contribution in [1.82, 2.24) is 5.32 Å². The van der Waals surface area contributed by atoms with Gasteiger partial charge in [-0.1, -0.05) is 49.6 Å². The summed E-state index contributed by atoms with van der Waals surface area (Å²) in [6, 6.07) is 8.37. The molecule has 116 valence electrons. The molecule has 21 heavy (non-hydrogen) atoms. The second kappa shape index (κ2) is 7.81. The number of carbonyl (C=O) groups excluding carboxylic acids is 1. The van der Waals surface area contributed by atoms with Gasteiger partial charge in [-0.3, -0.25) is 4.79 Å². The lowest BCUT2D eigenvalue weighted by Gasteiger charge is -2.29. The van der Waals surface area contributed by atoms with Gasteiger partial charge in [0.2, 0.25) is 0 Å². The van der Waals surface area contributed by atoms with Crippen LogP contribution in [0.3, 0.4) is 0 Å². The molecule has 0 heterocycles.